The van der Waals surface area contributed by atoms with Crippen LogP contribution in [-0.2, 0) is 14.3 Å². The highest BCUT2D eigenvalue weighted by Crippen LogP contribution is 2.16. The number of esters is 1. The Hall–Kier alpha value is -2.44. The van der Waals surface area contributed by atoms with E-state index in [0.29, 0.717) is 19.3 Å². The molecule has 0 spiro atoms. The normalized spacial score (nSPS) is 14.1. The van der Waals surface area contributed by atoms with Gasteiger partial charge >= 0.3 is 5.97 Å². The average molecular weight is 714 g/mol. The maximum absolute atomic E-state index is 13.0. The molecule has 3 unspecified atom stereocenters. The molecule has 0 aromatic heterocycles. The van der Waals surface area contributed by atoms with Gasteiger partial charge in [0.15, 0.2) is 0 Å². The first-order valence-electron chi connectivity index (χ1n) is 21.1. The van der Waals surface area contributed by atoms with Gasteiger partial charge < -0.3 is 20.3 Å². The Morgan fingerprint density at radius 3 is 1.57 bits per heavy atom. The number of hydrogen-bond donors (Lipinski definition) is 3. The van der Waals surface area contributed by atoms with E-state index in [1.165, 1.54) is 83.5 Å². The Bertz CT molecular complexity index is 937. The zero-order valence-electron chi connectivity index (χ0n) is 33.2. The first kappa shape index (κ1) is 48.6. The molecule has 0 radical (unpaired) electrons. The second-order valence-corrected chi connectivity index (χ2v) is 14.1. The molecule has 0 saturated carbocycles. The van der Waals surface area contributed by atoms with E-state index in [1.807, 2.05) is 48.6 Å². The van der Waals surface area contributed by atoms with E-state index < -0.39 is 18.2 Å². The number of carbonyl (C=O) groups is 2. The van der Waals surface area contributed by atoms with Gasteiger partial charge in [-0.2, -0.15) is 0 Å². The molecule has 0 aliphatic carbocycles. The lowest BCUT2D eigenvalue weighted by Gasteiger charge is -2.24. The molecule has 6 nitrogen and oxygen atoms in total. The Kier molecular flexibility index (Phi) is 36.9. The molecule has 0 aliphatic heterocycles. The fourth-order valence-corrected chi connectivity index (χ4v) is 6.04. The maximum Gasteiger partial charge on any atom is 0.306 e. The first-order valence-corrected chi connectivity index (χ1v) is 21.1. The summed E-state index contributed by atoms with van der Waals surface area (Å²) in [6.45, 7) is 6.25. The van der Waals surface area contributed by atoms with Gasteiger partial charge in [0.1, 0.15) is 6.10 Å². The number of nitrogens with one attached hydrogen (secondary N) is 1. The Labute approximate surface area is 314 Å². The molecule has 0 aromatic rings. The number of hydrogen-bond acceptors (Lipinski definition) is 5. The summed E-state index contributed by atoms with van der Waals surface area (Å²) >= 11 is 0. The number of unbranched alkanes of at least 4 members (excludes halogenated alkanes) is 18. The number of aliphatic hydroxyl groups excluding tert-OH is 2. The molecular weight excluding hydrogens is 634 g/mol. The minimum atomic E-state index is -0.803. The molecule has 0 aliphatic rings. The van der Waals surface area contributed by atoms with E-state index in [-0.39, 0.29) is 24.9 Å². The van der Waals surface area contributed by atoms with Crippen LogP contribution in [0, 0.1) is 0 Å². The van der Waals surface area contributed by atoms with E-state index in [0.717, 1.165) is 57.8 Å². The van der Waals surface area contributed by atoms with Gasteiger partial charge in [-0.15, -0.1) is 0 Å². The number of aliphatic hydroxyl groups is 2. The first-order chi connectivity index (χ1) is 25.0. The molecule has 0 aromatic carbocycles. The highest BCUT2D eigenvalue weighted by Gasteiger charge is 2.23. The minimum absolute atomic E-state index is 0.0282. The van der Waals surface area contributed by atoms with Gasteiger partial charge in [0, 0.05) is 6.42 Å². The predicted octanol–water partition coefficient (Wildman–Crippen LogP) is 11.7. The molecular formula is C45H79NO5. The van der Waals surface area contributed by atoms with Crippen molar-refractivity contribution >= 4 is 11.9 Å². The lowest BCUT2D eigenvalue weighted by atomic mass is 10.0. The maximum atomic E-state index is 13.0. The summed E-state index contributed by atoms with van der Waals surface area (Å²) in [5.41, 5.74) is 0. The Balaban J connectivity index is 4.78. The number of ether oxygens (including phenoxy) is 1. The summed E-state index contributed by atoms with van der Waals surface area (Å²) in [6, 6.07) is -0.721. The molecule has 3 atom stereocenters. The van der Waals surface area contributed by atoms with E-state index >= 15 is 0 Å². The van der Waals surface area contributed by atoms with Crippen molar-refractivity contribution in [3.8, 4) is 0 Å². The molecule has 6 heteroatoms. The van der Waals surface area contributed by atoms with Crippen molar-refractivity contribution in [2.75, 3.05) is 6.61 Å². The second-order valence-electron chi connectivity index (χ2n) is 14.1. The van der Waals surface area contributed by atoms with Crippen molar-refractivity contribution in [2.24, 2.45) is 0 Å². The molecule has 0 heterocycles. The van der Waals surface area contributed by atoms with Crippen molar-refractivity contribution in [2.45, 2.75) is 206 Å². The second kappa shape index (κ2) is 38.8. The van der Waals surface area contributed by atoms with Crippen LogP contribution in [0.2, 0.25) is 0 Å². The molecule has 51 heavy (non-hydrogen) atoms. The number of rotatable bonds is 36. The quantitative estimate of drug-likeness (QED) is 0.0341. The summed E-state index contributed by atoms with van der Waals surface area (Å²) in [5, 5.41) is 23.5. The third-order valence-corrected chi connectivity index (χ3v) is 9.24. The summed E-state index contributed by atoms with van der Waals surface area (Å²) in [5.74, 6) is -0.553. The molecule has 3 N–H and O–H groups in total. The fraction of sp³-hybridized carbons (Fsp3) is 0.733. The van der Waals surface area contributed by atoms with E-state index in [1.54, 1.807) is 0 Å². The van der Waals surface area contributed by atoms with Gasteiger partial charge in [-0.25, -0.2) is 0 Å². The van der Waals surface area contributed by atoms with Crippen LogP contribution in [0.4, 0.5) is 0 Å². The van der Waals surface area contributed by atoms with Crippen molar-refractivity contribution in [1.82, 2.24) is 5.32 Å². The van der Waals surface area contributed by atoms with Gasteiger partial charge in [0.25, 0.3) is 0 Å². The van der Waals surface area contributed by atoms with E-state index in [4.69, 9.17) is 4.74 Å². The summed E-state index contributed by atoms with van der Waals surface area (Å²) in [6.07, 6.45) is 45.7. The van der Waals surface area contributed by atoms with Crippen LogP contribution >= 0.6 is 0 Å². The zero-order valence-corrected chi connectivity index (χ0v) is 33.2. The molecule has 294 valence electrons. The van der Waals surface area contributed by atoms with Crippen LogP contribution in [0.1, 0.15) is 188 Å². The summed E-state index contributed by atoms with van der Waals surface area (Å²) in [7, 11) is 0. The molecule has 0 bridgehead atoms. The lowest BCUT2D eigenvalue weighted by Crippen LogP contribution is -2.46. The van der Waals surface area contributed by atoms with Crippen LogP contribution in [0.3, 0.4) is 0 Å². The van der Waals surface area contributed by atoms with Gasteiger partial charge in [-0.05, 0) is 38.5 Å². The van der Waals surface area contributed by atoms with Crippen LogP contribution in [0.25, 0.3) is 0 Å². The van der Waals surface area contributed by atoms with Crippen molar-refractivity contribution in [3.63, 3.8) is 0 Å². The van der Waals surface area contributed by atoms with E-state index in [9.17, 15) is 19.8 Å². The van der Waals surface area contributed by atoms with Crippen LogP contribution in [-0.4, -0.2) is 46.9 Å². The smallest absolute Gasteiger partial charge is 0.306 e. The summed E-state index contributed by atoms with van der Waals surface area (Å²) < 4.78 is 5.84. The van der Waals surface area contributed by atoms with Gasteiger partial charge in [-0.1, -0.05) is 197 Å². The molecule has 1 amide bonds. The van der Waals surface area contributed by atoms with E-state index in [2.05, 4.69) is 38.2 Å². The van der Waals surface area contributed by atoms with Crippen molar-refractivity contribution < 1.29 is 24.5 Å². The SMILES string of the molecule is CC/C=C/C=C/C=C\C=C/C=C/CCCC(CC(=O)NC(CO)C(O)CCCCCCCCCCC)OC(=O)CCCCCCCCCCCC. The van der Waals surface area contributed by atoms with Crippen molar-refractivity contribution in [3.05, 3.63) is 60.8 Å². The largest absolute Gasteiger partial charge is 0.462 e. The molecule has 0 rings (SSSR count). The van der Waals surface area contributed by atoms with Gasteiger partial charge in [0.05, 0.1) is 25.2 Å². The number of amides is 1. The topological polar surface area (TPSA) is 95.9 Å². The highest BCUT2D eigenvalue weighted by atomic mass is 16.5. The minimum Gasteiger partial charge on any atom is -0.462 e. The Morgan fingerprint density at radius 1 is 0.588 bits per heavy atom. The average Bonchev–Trinajstić information content (AvgIpc) is 3.12. The fourth-order valence-electron chi connectivity index (χ4n) is 6.04. The summed E-state index contributed by atoms with van der Waals surface area (Å²) in [4.78, 5) is 25.8. The van der Waals surface area contributed by atoms with Gasteiger partial charge in [0.2, 0.25) is 5.91 Å². The number of allylic oxidation sites excluding steroid dienone is 10. The zero-order chi connectivity index (χ0) is 37.5. The van der Waals surface area contributed by atoms with Crippen molar-refractivity contribution in [1.29, 1.82) is 0 Å². The molecule has 0 saturated heterocycles. The van der Waals surface area contributed by atoms with Crippen LogP contribution in [0.5, 0.6) is 0 Å². The molecule has 0 fully saturated rings. The third-order valence-electron chi connectivity index (χ3n) is 9.24. The third kappa shape index (κ3) is 34.4. The lowest BCUT2D eigenvalue weighted by molar-refractivity contribution is -0.151. The highest BCUT2D eigenvalue weighted by molar-refractivity contribution is 5.77. The monoisotopic (exact) mass is 714 g/mol. The van der Waals surface area contributed by atoms with Crippen LogP contribution < -0.4 is 5.32 Å². The predicted molar refractivity (Wildman–Crippen MR) is 218 cm³/mol. The van der Waals surface area contributed by atoms with Crippen LogP contribution in [0.15, 0.2) is 60.8 Å². The standard InChI is InChI=1S/C45H79NO5/c1-4-7-10-13-16-19-21-22-23-25-27-30-33-36-41(51-45(50)38-35-32-29-26-20-17-14-11-8-5-2)39-44(49)46-42(40-47)43(48)37-34-31-28-24-18-15-12-9-6-3/h7,10,13,16,19,21-23,25,27,41-43,47-48H,4-6,8-9,11-12,14-15,17-18,20,24,26,28-40H2,1-3H3,(H,46,49)/b10-7+,16-13+,21-19-,23-22-,27-25+. The van der Waals surface area contributed by atoms with Gasteiger partial charge in [-0.3, -0.25) is 9.59 Å². The Morgan fingerprint density at radius 2 is 1.06 bits per heavy atom. The number of carbonyl (C=O) groups excluding carboxylic acids is 2.